The van der Waals surface area contributed by atoms with Crippen LogP contribution in [0.15, 0.2) is 42.6 Å². The monoisotopic (exact) mass is 281 g/mol. The van der Waals surface area contributed by atoms with Gasteiger partial charge in [0.1, 0.15) is 5.82 Å². The number of aromatic nitrogens is 1. The average molecular weight is 281 g/mol. The summed E-state index contributed by atoms with van der Waals surface area (Å²) in [5, 5.41) is 3.35. The number of piperidine rings is 1. The molecule has 0 unspecified atom stereocenters. The van der Waals surface area contributed by atoms with E-state index in [1.54, 1.807) is 0 Å². The van der Waals surface area contributed by atoms with Crippen LogP contribution in [0.1, 0.15) is 30.4 Å². The van der Waals surface area contributed by atoms with Gasteiger partial charge in [-0.2, -0.15) is 0 Å². The molecule has 1 aromatic heterocycles. The Morgan fingerprint density at radius 2 is 1.81 bits per heavy atom. The van der Waals surface area contributed by atoms with Gasteiger partial charge >= 0.3 is 0 Å². The molecule has 2 heterocycles. The molecule has 1 aromatic carbocycles. The summed E-state index contributed by atoms with van der Waals surface area (Å²) in [7, 11) is 0. The maximum atomic E-state index is 4.33. The molecule has 21 heavy (non-hydrogen) atoms. The normalized spacial score (nSPS) is 15.9. The van der Waals surface area contributed by atoms with Crippen LogP contribution >= 0.6 is 0 Å². The quantitative estimate of drug-likeness (QED) is 0.913. The predicted octanol–water partition coefficient (Wildman–Crippen LogP) is 4.12. The predicted molar refractivity (Wildman–Crippen MR) is 87.8 cm³/mol. The van der Waals surface area contributed by atoms with Crippen LogP contribution in [-0.2, 0) is 6.54 Å². The van der Waals surface area contributed by atoms with E-state index in [0.29, 0.717) is 0 Å². The second kappa shape index (κ2) is 6.72. The number of benzene rings is 1. The number of hydrogen-bond acceptors (Lipinski definition) is 3. The summed E-state index contributed by atoms with van der Waals surface area (Å²) in [6, 6.07) is 12.8. The fourth-order valence-corrected chi connectivity index (χ4v) is 2.82. The van der Waals surface area contributed by atoms with Gasteiger partial charge in [0.2, 0.25) is 0 Å². The highest BCUT2D eigenvalue weighted by Gasteiger charge is 2.10. The van der Waals surface area contributed by atoms with Gasteiger partial charge in [0.25, 0.3) is 0 Å². The molecule has 0 radical (unpaired) electrons. The Hall–Kier alpha value is -1.87. The number of nitrogens with zero attached hydrogens (tertiary/aromatic N) is 2. The van der Waals surface area contributed by atoms with Crippen LogP contribution in [0.4, 0.5) is 11.5 Å². The van der Waals surface area contributed by atoms with Crippen LogP contribution in [0, 0.1) is 6.92 Å². The van der Waals surface area contributed by atoms with Crippen molar-refractivity contribution in [1.82, 2.24) is 9.88 Å². The van der Waals surface area contributed by atoms with Gasteiger partial charge in [-0.25, -0.2) is 4.98 Å². The van der Waals surface area contributed by atoms with Crippen molar-refractivity contribution >= 4 is 11.5 Å². The third kappa shape index (κ3) is 4.05. The topological polar surface area (TPSA) is 28.2 Å². The summed E-state index contributed by atoms with van der Waals surface area (Å²) >= 11 is 0. The van der Waals surface area contributed by atoms with Crippen molar-refractivity contribution in [3.8, 4) is 0 Å². The summed E-state index contributed by atoms with van der Waals surface area (Å²) in [6.07, 6.45) is 5.92. The first-order valence-electron chi connectivity index (χ1n) is 7.80. The minimum absolute atomic E-state index is 0.902. The first kappa shape index (κ1) is 14.1. The summed E-state index contributed by atoms with van der Waals surface area (Å²) in [5.74, 6) is 0.902. The Morgan fingerprint density at radius 1 is 1.05 bits per heavy atom. The molecule has 1 aliphatic rings. The molecule has 3 heteroatoms. The lowest BCUT2D eigenvalue weighted by Crippen LogP contribution is -2.29. The van der Waals surface area contributed by atoms with E-state index in [1.807, 2.05) is 12.3 Å². The lowest BCUT2D eigenvalue weighted by molar-refractivity contribution is 0.221. The number of nitrogens with one attached hydrogen (secondary N) is 1. The van der Waals surface area contributed by atoms with Crippen LogP contribution in [0.3, 0.4) is 0 Å². The summed E-state index contributed by atoms with van der Waals surface area (Å²) in [5.41, 5.74) is 3.70. The number of pyridine rings is 1. The molecule has 0 saturated carbocycles. The first-order chi connectivity index (χ1) is 10.3. The van der Waals surface area contributed by atoms with E-state index in [9.17, 15) is 0 Å². The van der Waals surface area contributed by atoms with E-state index in [1.165, 1.54) is 43.5 Å². The number of likely N-dealkylation sites (tertiary alicyclic amines) is 1. The van der Waals surface area contributed by atoms with Crippen molar-refractivity contribution in [2.24, 2.45) is 0 Å². The molecule has 0 spiro atoms. The molecule has 1 fully saturated rings. The van der Waals surface area contributed by atoms with E-state index < -0.39 is 0 Å². The van der Waals surface area contributed by atoms with Crippen LogP contribution in [-0.4, -0.2) is 23.0 Å². The van der Waals surface area contributed by atoms with Crippen LogP contribution in [0.2, 0.25) is 0 Å². The molecule has 1 aliphatic heterocycles. The molecule has 3 nitrogen and oxygen atoms in total. The standard InChI is InChI=1S/C18H23N3/c1-15-9-10-19-18(13-15)20-17-7-5-16(6-8-17)14-21-11-3-2-4-12-21/h5-10,13H,2-4,11-12,14H2,1H3,(H,19,20). The molecule has 0 amide bonds. The molecule has 1 saturated heterocycles. The highest BCUT2D eigenvalue weighted by Crippen LogP contribution is 2.18. The van der Waals surface area contributed by atoms with Crippen LogP contribution in [0.25, 0.3) is 0 Å². The Kier molecular flexibility index (Phi) is 4.51. The Morgan fingerprint density at radius 3 is 2.52 bits per heavy atom. The van der Waals surface area contributed by atoms with Gasteiger partial charge < -0.3 is 5.32 Å². The maximum Gasteiger partial charge on any atom is 0.130 e. The van der Waals surface area contributed by atoms with Crippen molar-refractivity contribution in [3.63, 3.8) is 0 Å². The lowest BCUT2D eigenvalue weighted by atomic mass is 10.1. The highest BCUT2D eigenvalue weighted by atomic mass is 15.1. The Bertz CT molecular complexity index is 571. The second-order valence-corrected chi connectivity index (χ2v) is 5.88. The molecule has 0 atom stereocenters. The van der Waals surface area contributed by atoms with Crippen molar-refractivity contribution in [3.05, 3.63) is 53.7 Å². The number of rotatable bonds is 4. The molecular weight excluding hydrogens is 258 g/mol. The first-order valence-corrected chi connectivity index (χ1v) is 7.80. The zero-order valence-electron chi connectivity index (χ0n) is 12.7. The van der Waals surface area contributed by atoms with Crippen molar-refractivity contribution in [1.29, 1.82) is 0 Å². The second-order valence-electron chi connectivity index (χ2n) is 5.88. The average Bonchev–Trinajstić information content (AvgIpc) is 2.50. The lowest BCUT2D eigenvalue weighted by Gasteiger charge is -2.26. The van der Waals surface area contributed by atoms with Crippen LogP contribution < -0.4 is 5.32 Å². The summed E-state index contributed by atoms with van der Waals surface area (Å²) in [6.45, 7) is 5.64. The highest BCUT2D eigenvalue weighted by molar-refractivity contribution is 5.56. The van der Waals surface area contributed by atoms with Crippen molar-refractivity contribution < 1.29 is 0 Å². The zero-order chi connectivity index (χ0) is 14.5. The minimum Gasteiger partial charge on any atom is -0.340 e. The van der Waals surface area contributed by atoms with E-state index in [0.717, 1.165) is 18.1 Å². The maximum absolute atomic E-state index is 4.33. The Labute approximate surface area is 127 Å². The van der Waals surface area contributed by atoms with Gasteiger partial charge in [-0.1, -0.05) is 18.6 Å². The number of hydrogen-bond donors (Lipinski definition) is 1. The fourth-order valence-electron chi connectivity index (χ4n) is 2.82. The number of anilines is 2. The molecule has 0 aliphatic carbocycles. The molecule has 3 rings (SSSR count). The van der Waals surface area contributed by atoms with E-state index in [2.05, 4.69) is 52.5 Å². The third-order valence-electron chi connectivity index (χ3n) is 4.00. The zero-order valence-corrected chi connectivity index (χ0v) is 12.7. The Balaban J connectivity index is 1.61. The van der Waals surface area contributed by atoms with E-state index in [-0.39, 0.29) is 0 Å². The molecule has 2 aromatic rings. The van der Waals surface area contributed by atoms with Gasteiger partial charge in [-0.3, -0.25) is 4.90 Å². The molecule has 0 bridgehead atoms. The summed E-state index contributed by atoms with van der Waals surface area (Å²) in [4.78, 5) is 6.88. The fraction of sp³-hybridized carbons (Fsp3) is 0.389. The van der Waals surface area contributed by atoms with Gasteiger partial charge in [-0.05, 0) is 68.2 Å². The minimum atomic E-state index is 0.902. The van der Waals surface area contributed by atoms with E-state index >= 15 is 0 Å². The van der Waals surface area contributed by atoms with Gasteiger partial charge in [0.15, 0.2) is 0 Å². The van der Waals surface area contributed by atoms with Crippen LogP contribution in [0.5, 0.6) is 0 Å². The summed E-state index contributed by atoms with van der Waals surface area (Å²) < 4.78 is 0. The third-order valence-corrected chi connectivity index (χ3v) is 4.00. The molecule has 1 N–H and O–H groups in total. The smallest absolute Gasteiger partial charge is 0.130 e. The van der Waals surface area contributed by atoms with Gasteiger partial charge in [0, 0.05) is 18.4 Å². The van der Waals surface area contributed by atoms with Crippen molar-refractivity contribution in [2.45, 2.75) is 32.7 Å². The van der Waals surface area contributed by atoms with E-state index in [4.69, 9.17) is 0 Å². The SMILES string of the molecule is Cc1ccnc(Nc2ccc(CN3CCCCC3)cc2)c1. The van der Waals surface area contributed by atoms with Crippen molar-refractivity contribution in [2.75, 3.05) is 18.4 Å². The molecule has 110 valence electrons. The van der Waals surface area contributed by atoms with Gasteiger partial charge in [-0.15, -0.1) is 0 Å². The van der Waals surface area contributed by atoms with Gasteiger partial charge in [0.05, 0.1) is 0 Å². The largest absolute Gasteiger partial charge is 0.340 e. The molecular formula is C18H23N3. The number of aryl methyl sites for hydroxylation is 1.